The molecular weight excluding hydrogens is 452 g/mol. The van der Waals surface area contributed by atoms with E-state index in [2.05, 4.69) is 21.2 Å². The number of nitrogens with one attached hydrogen (secondary N) is 1. The second kappa shape index (κ2) is 8.21. The van der Waals surface area contributed by atoms with Crippen molar-refractivity contribution in [3.8, 4) is 5.75 Å². The third kappa shape index (κ3) is 4.37. The largest absolute Gasteiger partial charge is 0.488 e. The van der Waals surface area contributed by atoms with Crippen LogP contribution >= 0.6 is 39.7 Å². The smallest absolute Gasteiger partial charge is 0.265 e. The van der Waals surface area contributed by atoms with Crippen LogP contribution in [0.3, 0.4) is 0 Å². The van der Waals surface area contributed by atoms with Gasteiger partial charge in [0.2, 0.25) is 0 Å². The number of hydrogen-bond acceptors (Lipinski definition) is 4. The molecule has 2 amide bonds. The van der Waals surface area contributed by atoms with Gasteiger partial charge >= 0.3 is 0 Å². The van der Waals surface area contributed by atoms with E-state index >= 15 is 0 Å². The van der Waals surface area contributed by atoms with Crippen molar-refractivity contribution in [2.75, 3.05) is 7.05 Å². The Hall–Kier alpha value is -2.22. The highest BCUT2D eigenvalue weighted by Gasteiger charge is 2.30. The van der Waals surface area contributed by atoms with Crippen molar-refractivity contribution >= 4 is 62.8 Å². The predicted octanol–water partition coefficient (Wildman–Crippen LogP) is 3.94. The molecule has 0 aliphatic carbocycles. The molecule has 1 fully saturated rings. The normalized spacial score (nSPS) is 15.9. The lowest BCUT2D eigenvalue weighted by Gasteiger charge is -2.25. The molecular formula is C19H14BrClN2O3S. The van der Waals surface area contributed by atoms with Crippen LogP contribution in [-0.2, 0) is 16.2 Å². The van der Waals surface area contributed by atoms with Gasteiger partial charge in [-0.2, -0.15) is 0 Å². The van der Waals surface area contributed by atoms with E-state index in [1.165, 1.54) is 18.0 Å². The van der Waals surface area contributed by atoms with Crippen LogP contribution < -0.4 is 10.1 Å². The second-order valence-corrected chi connectivity index (χ2v) is 7.40. The highest BCUT2D eigenvalue weighted by atomic mass is 79.9. The van der Waals surface area contributed by atoms with Crippen LogP contribution in [0.1, 0.15) is 11.1 Å². The van der Waals surface area contributed by atoms with Gasteiger partial charge in [-0.1, -0.05) is 35.9 Å². The molecule has 1 aliphatic heterocycles. The maximum absolute atomic E-state index is 12.3. The van der Waals surface area contributed by atoms with E-state index in [-0.39, 0.29) is 10.7 Å². The van der Waals surface area contributed by atoms with Gasteiger partial charge in [0.1, 0.15) is 17.9 Å². The zero-order valence-corrected chi connectivity index (χ0v) is 17.3. The summed E-state index contributed by atoms with van der Waals surface area (Å²) in [6.45, 7) is 0.321. The molecule has 1 saturated heterocycles. The van der Waals surface area contributed by atoms with Crippen molar-refractivity contribution in [1.29, 1.82) is 0 Å². The monoisotopic (exact) mass is 464 g/mol. The Morgan fingerprint density at radius 3 is 2.70 bits per heavy atom. The lowest BCUT2D eigenvalue weighted by molar-refractivity contribution is -0.128. The van der Waals surface area contributed by atoms with E-state index in [0.717, 1.165) is 5.56 Å². The maximum Gasteiger partial charge on any atom is 0.265 e. The van der Waals surface area contributed by atoms with Crippen LogP contribution in [0.25, 0.3) is 6.08 Å². The number of likely N-dealkylation sites (N-methyl/N-ethyl adjacent to an activating group) is 1. The molecule has 1 N–H and O–H groups in total. The summed E-state index contributed by atoms with van der Waals surface area (Å²) >= 11 is 14.5. The molecule has 8 heteroatoms. The van der Waals surface area contributed by atoms with Gasteiger partial charge in [-0.3, -0.25) is 19.8 Å². The van der Waals surface area contributed by atoms with Gasteiger partial charge in [0.05, 0.1) is 4.47 Å². The number of amides is 2. The third-order valence-corrected chi connectivity index (χ3v) is 5.28. The molecule has 2 aromatic carbocycles. The molecule has 0 unspecified atom stereocenters. The van der Waals surface area contributed by atoms with Crippen molar-refractivity contribution in [2.24, 2.45) is 0 Å². The Labute approximate surface area is 175 Å². The van der Waals surface area contributed by atoms with Gasteiger partial charge in [-0.05, 0) is 58.0 Å². The lowest BCUT2D eigenvalue weighted by atomic mass is 10.1. The minimum Gasteiger partial charge on any atom is -0.488 e. The number of rotatable bonds is 4. The SMILES string of the molecule is CN1C(=O)/C(=C/c2ccc(OCc3ccccc3Cl)c(Br)c2)C(=O)NC1=S. The predicted molar refractivity (Wildman–Crippen MR) is 111 cm³/mol. The molecule has 3 rings (SSSR count). The van der Waals surface area contributed by atoms with Gasteiger partial charge in [0.15, 0.2) is 5.11 Å². The highest BCUT2D eigenvalue weighted by Crippen LogP contribution is 2.29. The molecule has 0 aromatic heterocycles. The van der Waals surface area contributed by atoms with Gasteiger partial charge in [0, 0.05) is 17.6 Å². The van der Waals surface area contributed by atoms with E-state index in [1.54, 1.807) is 24.3 Å². The standard InChI is InChI=1S/C19H14BrClN2O3S/c1-23-18(25)13(17(24)22-19(23)27)8-11-6-7-16(14(20)9-11)26-10-12-4-2-3-5-15(12)21/h2-9H,10H2,1H3,(H,22,24,27)/b13-8+. The Bertz CT molecular complexity index is 977. The van der Waals surface area contributed by atoms with Crippen LogP contribution in [0.4, 0.5) is 0 Å². The van der Waals surface area contributed by atoms with E-state index in [1.807, 2.05) is 18.2 Å². The Morgan fingerprint density at radius 2 is 2.00 bits per heavy atom. The Morgan fingerprint density at radius 1 is 1.26 bits per heavy atom. The Kier molecular flexibility index (Phi) is 5.94. The molecule has 2 aromatic rings. The zero-order valence-electron chi connectivity index (χ0n) is 14.2. The van der Waals surface area contributed by atoms with Gasteiger partial charge < -0.3 is 4.74 Å². The minimum absolute atomic E-state index is 0.0164. The van der Waals surface area contributed by atoms with E-state index < -0.39 is 11.8 Å². The number of thiocarbonyl (C=S) groups is 1. The first-order chi connectivity index (χ1) is 12.9. The summed E-state index contributed by atoms with van der Waals surface area (Å²) in [6.07, 6.45) is 1.51. The number of carbonyl (C=O) groups is 2. The first-order valence-electron chi connectivity index (χ1n) is 7.87. The average Bonchev–Trinajstić information content (AvgIpc) is 2.64. The summed E-state index contributed by atoms with van der Waals surface area (Å²) in [4.78, 5) is 25.5. The van der Waals surface area contributed by atoms with E-state index in [4.69, 9.17) is 28.6 Å². The van der Waals surface area contributed by atoms with Crippen LogP contribution in [0, 0.1) is 0 Å². The first kappa shape index (κ1) is 19.5. The van der Waals surface area contributed by atoms with Gasteiger partial charge in [0.25, 0.3) is 11.8 Å². The lowest BCUT2D eigenvalue weighted by Crippen LogP contribution is -2.52. The molecule has 0 bridgehead atoms. The minimum atomic E-state index is -0.515. The van der Waals surface area contributed by atoms with Crippen molar-refractivity contribution in [1.82, 2.24) is 10.2 Å². The molecule has 27 heavy (non-hydrogen) atoms. The van der Waals surface area contributed by atoms with Crippen molar-refractivity contribution in [2.45, 2.75) is 6.61 Å². The van der Waals surface area contributed by atoms with Crippen molar-refractivity contribution in [3.05, 3.63) is 68.7 Å². The third-order valence-electron chi connectivity index (χ3n) is 3.91. The van der Waals surface area contributed by atoms with Crippen LogP contribution in [0.5, 0.6) is 5.75 Å². The number of halogens is 2. The molecule has 138 valence electrons. The van der Waals surface area contributed by atoms with E-state index in [0.29, 0.717) is 27.4 Å². The highest BCUT2D eigenvalue weighted by molar-refractivity contribution is 9.10. The molecule has 5 nitrogen and oxygen atoms in total. The van der Waals surface area contributed by atoms with Crippen molar-refractivity contribution in [3.63, 3.8) is 0 Å². The number of ether oxygens (including phenoxy) is 1. The maximum atomic E-state index is 12.3. The molecule has 1 heterocycles. The zero-order chi connectivity index (χ0) is 19.6. The fourth-order valence-corrected chi connectivity index (χ4v) is 3.28. The molecule has 1 aliphatic rings. The molecule has 0 saturated carbocycles. The quantitative estimate of drug-likeness (QED) is 0.422. The summed E-state index contributed by atoms with van der Waals surface area (Å²) in [6, 6.07) is 12.7. The first-order valence-corrected chi connectivity index (χ1v) is 9.45. The topological polar surface area (TPSA) is 58.6 Å². The van der Waals surface area contributed by atoms with E-state index in [9.17, 15) is 9.59 Å². The molecule has 0 atom stereocenters. The van der Waals surface area contributed by atoms with Crippen LogP contribution in [-0.4, -0.2) is 28.9 Å². The average molecular weight is 466 g/mol. The summed E-state index contributed by atoms with van der Waals surface area (Å²) in [5, 5.41) is 3.21. The fourth-order valence-electron chi connectivity index (χ4n) is 2.41. The summed E-state index contributed by atoms with van der Waals surface area (Å²) in [7, 11) is 1.51. The number of hydrogen-bond donors (Lipinski definition) is 1. The second-order valence-electron chi connectivity index (χ2n) is 5.75. The van der Waals surface area contributed by atoms with Crippen LogP contribution in [0.15, 0.2) is 52.5 Å². The number of carbonyl (C=O) groups excluding carboxylic acids is 2. The summed E-state index contributed by atoms with van der Waals surface area (Å²) in [5.74, 6) is -0.341. The van der Waals surface area contributed by atoms with Gasteiger partial charge in [-0.15, -0.1) is 0 Å². The summed E-state index contributed by atoms with van der Waals surface area (Å²) < 4.78 is 6.49. The Balaban J connectivity index is 1.78. The van der Waals surface area contributed by atoms with Crippen LogP contribution in [0.2, 0.25) is 5.02 Å². The fraction of sp³-hybridized carbons (Fsp3) is 0.105. The molecule has 0 spiro atoms. The number of nitrogens with zero attached hydrogens (tertiary/aromatic N) is 1. The number of benzene rings is 2. The summed E-state index contributed by atoms with van der Waals surface area (Å²) in [5.41, 5.74) is 1.56. The van der Waals surface area contributed by atoms with Crippen molar-refractivity contribution < 1.29 is 14.3 Å². The molecule has 0 radical (unpaired) electrons. The van der Waals surface area contributed by atoms with Gasteiger partial charge in [-0.25, -0.2) is 0 Å².